The van der Waals surface area contributed by atoms with Gasteiger partial charge in [0.1, 0.15) is 5.75 Å². The van der Waals surface area contributed by atoms with Crippen LogP contribution in [0.3, 0.4) is 0 Å². The average molecular weight is 355 g/mol. The van der Waals surface area contributed by atoms with Crippen LogP contribution in [0.5, 0.6) is 5.75 Å². The van der Waals surface area contributed by atoms with Crippen LogP contribution in [0.2, 0.25) is 0 Å². The molecule has 4 saturated carbocycles. The van der Waals surface area contributed by atoms with Gasteiger partial charge in [0.05, 0.1) is 5.41 Å². The van der Waals surface area contributed by atoms with Crippen molar-refractivity contribution in [3.8, 4) is 5.75 Å². The van der Waals surface area contributed by atoms with Crippen molar-refractivity contribution >= 4 is 11.9 Å². The Hall–Kier alpha value is -2.25. The van der Waals surface area contributed by atoms with Gasteiger partial charge < -0.3 is 15.2 Å². The van der Waals surface area contributed by atoms with E-state index in [1.54, 1.807) is 0 Å². The number of benzene rings is 1. The maximum absolute atomic E-state index is 12.5. The van der Waals surface area contributed by atoms with Gasteiger partial charge in [0, 0.05) is 11.6 Å². The number of nitrogens with one attached hydrogen (secondary N) is 1. The molecule has 4 aliphatic rings. The summed E-state index contributed by atoms with van der Waals surface area (Å²) < 4.78 is 40.8. The van der Waals surface area contributed by atoms with E-state index in [0.717, 1.165) is 18.9 Å². The third-order valence-electron chi connectivity index (χ3n) is 6.02. The van der Waals surface area contributed by atoms with Crippen molar-refractivity contribution < 1.29 is 32.6 Å². The predicted octanol–water partition coefficient (Wildman–Crippen LogP) is 2.73. The number of rotatable bonds is 4. The summed E-state index contributed by atoms with van der Waals surface area (Å²) in [6, 6.07) is 3.26. The van der Waals surface area contributed by atoms with Crippen molar-refractivity contribution in [2.75, 3.05) is 0 Å². The highest BCUT2D eigenvalue weighted by molar-refractivity contribution is 5.96. The number of carboxylic acids is 1. The zero-order chi connectivity index (χ0) is 18.1. The molecule has 25 heavy (non-hydrogen) atoms. The third-order valence-corrected chi connectivity index (χ3v) is 6.02. The highest BCUT2D eigenvalue weighted by Gasteiger charge is 2.83. The first-order chi connectivity index (χ1) is 11.6. The van der Waals surface area contributed by atoms with E-state index < -0.39 is 29.7 Å². The van der Waals surface area contributed by atoms with Gasteiger partial charge in [0.15, 0.2) is 0 Å². The zero-order valence-corrected chi connectivity index (χ0v) is 13.3. The fourth-order valence-electron chi connectivity index (χ4n) is 5.10. The number of alkyl halides is 3. The van der Waals surface area contributed by atoms with Crippen LogP contribution in [-0.2, 0) is 4.79 Å². The van der Waals surface area contributed by atoms with Gasteiger partial charge in [0.25, 0.3) is 5.91 Å². The van der Waals surface area contributed by atoms with E-state index in [9.17, 15) is 27.9 Å². The smallest absolute Gasteiger partial charge is 0.481 e. The van der Waals surface area contributed by atoms with E-state index in [4.69, 9.17) is 0 Å². The summed E-state index contributed by atoms with van der Waals surface area (Å²) in [6.45, 7) is 1.42. The Balaban J connectivity index is 1.51. The molecule has 5 nitrogen and oxygen atoms in total. The van der Waals surface area contributed by atoms with Crippen LogP contribution in [0.1, 0.15) is 28.8 Å². The zero-order valence-electron chi connectivity index (χ0n) is 13.3. The molecule has 3 unspecified atom stereocenters. The standard InChI is InChI=1S/C17H16F3NO4/c1-7-4-8(2-3-12(7)25-17(18,19)20)14(22)21-13-9-5-10-11(6-9)16(10,13)15(23)24/h2-4,9-11,13H,5-6H2,1H3,(H,21,22)(H,23,24). The van der Waals surface area contributed by atoms with Crippen molar-refractivity contribution in [2.45, 2.75) is 32.2 Å². The molecule has 0 radical (unpaired) electrons. The van der Waals surface area contributed by atoms with Crippen LogP contribution in [0.15, 0.2) is 18.2 Å². The van der Waals surface area contributed by atoms with Crippen LogP contribution in [0.4, 0.5) is 13.2 Å². The number of hydrogen-bond donors (Lipinski definition) is 2. The second-order valence-corrected chi connectivity index (χ2v) is 7.16. The maximum Gasteiger partial charge on any atom is 0.573 e. The van der Waals surface area contributed by atoms with Crippen LogP contribution in [0.25, 0.3) is 0 Å². The van der Waals surface area contributed by atoms with Gasteiger partial charge in [-0.1, -0.05) is 0 Å². The summed E-state index contributed by atoms with van der Waals surface area (Å²) in [5.74, 6) is -1.24. The number of ether oxygens (including phenoxy) is 1. The fraction of sp³-hybridized carbons (Fsp3) is 0.529. The van der Waals surface area contributed by atoms with Crippen LogP contribution < -0.4 is 10.1 Å². The summed E-state index contributed by atoms with van der Waals surface area (Å²) >= 11 is 0. The maximum atomic E-state index is 12.5. The number of carbonyl (C=O) groups excluding carboxylic acids is 1. The van der Waals surface area contributed by atoms with Crippen molar-refractivity contribution in [2.24, 2.45) is 23.2 Å². The lowest BCUT2D eigenvalue weighted by Crippen LogP contribution is -2.44. The topological polar surface area (TPSA) is 75.6 Å². The first kappa shape index (κ1) is 16.2. The molecule has 0 aliphatic heterocycles. The largest absolute Gasteiger partial charge is 0.573 e. The average Bonchev–Trinajstić information content (AvgIpc) is 2.83. The minimum absolute atomic E-state index is 0.143. The summed E-state index contributed by atoms with van der Waals surface area (Å²) in [6.07, 6.45) is -3.16. The number of aryl methyl sites for hydroxylation is 1. The Morgan fingerprint density at radius 2 is 1.92 bits per heavy atom. The normalized spacial score (nSPS) is 34.7. The number of carbonyl (C=O) groups is 2. The van der Waals surface area contributed by atoms with Gasteiger partial charge in [-0.15, -0.1) is 13.2 Å². The van der Waals surface area contributed by atoms with Crippen molar-refractivity contribution in [3.63, 3.8) is 0 Å². The first-order valence-corrected chi connectivity index (χ1v) is 8.05. The van der Waals surface area contributed by atoms with E-state index in [0.29, 0.717) is 0 Å². The van der Waals surface area contributed by atoms with E-state index in [1.807, 2.05) is 0 Å². The molecule has 4 fully saturated rings. The SMILES string of the molecule is Cc1cc(C(=O)NC2C3CC4C(C3)C42C(=O)O)ccc1OC(F)(F)F. The fourth-order valence-corrected chi connectivity index (χ4v) is 5.10. The number of amides is 1. The summed E-state index contributed by atoms with van der Waals surface area (Å²) in [7, 11) is 0. The van der Waals surface area contributed by atoms with Gasteiger partial charge in [0.2, 0.25) is 0 Å². The lowest BCUT2D eigenvalue weighted by Gasteiger charge is -2.22. The van der Waals surface area contributed by atoms with Crippen molar-refractivity contribution in [1.82, 2.24) is 5.32 Å². The summed E-state index contributed by atoms with van der Waals surface area (Å²) in [5.41, 5.74) is -0.471. The van der Waals surface area contributed by atoms with Gasteiger partial charge in [-0.2, -0.15) is 0 Å². The Labute approximate surface area is 141 Å². The van der Waals surface area contributed by atoms with Crippen molar-refractivity contribution in [1.29, 1.82) is 0 Å². The second kappa shape index (κ2) is 4.89. The van der Waals surface area contributed by atoms with Crippen LogP contribution in [0, 0.1) is 30.1 Å². The quantitative estimate of drug-likeness (QED) is 0.871. The third kappa shape index (κ3) is 2.22. The van der Waals surface area contributed by atoms with Gasteiger partial charge in [-0.05, 0) is 61.3 Å². The molecular formula is C17H16F3NO4. The molecular weight excluding hydrogens is 339 g/mol. The lowest BCUT2D eigenvalue weighted by molar-refractivity contribution is -0.274. The summed E-state index contributed by atoms with van der Waals surface area (Å²) in [4.78, 5) is 24.2. The monoisotopic (exact) mass is 355 g/mol. The molecule has 1 aromatic carbocycles. The Bertz CT molecular complexity index is 764. The number of halogens is 3. The van der Waals surface area contributed by atoms with E-state index in [1.165, 1.54) is 19.1 Å². The molecule has 1 aromatic rings. The van der Waals surface area contributed by atoms with Gasteiger partial charge >= 0.3 is 12.3 Å². The molecule has 0 heterocycles. The molecule has 0 saturated heterocycles. The highest BCUT2D eigenvalue weighted by Crippen LogP contribution is 2.79. The van der Waals surface area contributed by atoms with Crippen LogP contribution in [-0.4, -0.2) is 29.4 Å². The molecule has 3 atom stereocenters. The molecule has 8 heteroatoms. The van der Waals surface area contributed by atoms with Gasteiger partial charge in [-0.25, -0.2) is 0 Å². The second-order valence-electron chi connectivity index (χ2n) is 7.16. The number of aliphatic carboxylic acids is 1. The Morgan fingerprint density at radius 3 is 2.44 bits per heavy atom. The molecule has 134 valence electrons. The van der Waals surface area contributed by atoms with Crippen LogP contribution >= 0.6 is 0 Å². The Kier molecular flexibility index (Phi) is 3.18. The van der Waals surface area contributed by atoms with E-state index in [2.05, 4.69) is 10.1 Å². The highest BCUT2D eigenvalue weighted by atomic mass is 19.4. The Morgan fingerprint density at radius 1 is 1.28 bits per heavy atom. The first-order valence-electron chi connectivity index (χ1n) is 8.05. The molecule has 5 rings (SSSR count). The number of hydrogen-bond acceptors (Lipinski definition) is 3. The number of carboxylic acid groups (broad SMARTS) is 1. The molecule has 1 amide bonds. The predicted molar refractivity (Wildman–Crippen MR) is 78.9 cm³/mol. The minimum Gasteiger partial charge on any atom is -0.481 e. The summed E-state index contributed by atoms with van der Waals surface area (Å²) in [5, 5.41) is 12.4. The molecule has 0 aromatic heterocycles. The molecule has 0 spiro atoms. The van der Waals surface area contributed by atoms with E-state index >= 15 is 0 Å². The lowest BCUT2D eigenvalue weighted by atomic mass is 9.97. The van der Waals surface area contributed by atoms with Crippen molar-refractivity contribution in [3.05, 3.63) is 29.3 Å². The molecule has 4 bridgehead atoms. The molecule has 4 aliphatic carbocycles. The minimum atomic E-state index is -4.80. The molecule has 2 N–H and O–H groups in total. The van der Waals surface area contributed by atoms with Gasteiger partial charge in [-0.3, -0.25) is 9.59 Å². The van der Waals surface area contributed by atoms with E-state index in [-0.39, 0.29) is 34.6 Å².